The van der Waals surface area contributed by atoms with Crippen molar-refractivity contribution in [1.29, 1.82) is 5.26 Å². The zero-order valence-corrected chi connectivity index (χ0v) is 25.2. The maximum absolute atomic E-state index is 14.6. The summed E-state index contributed by atoms with van der Waals surface area (Å²) in [6, 6.07) is 17.1. The number of methoxy groups -OCH3 is 1. The van der Waals surface area contributed by atoms with E-state index in [1.165, 1.54) is 7.11 Å². The molecule has 1 fully saturated rings. The molecule has 0 spiro atoms. The third-order valence-corrected chi connectivity index (χ3v) is 11.0. The van der Waals surface area contributed by atoms with Gasteiger partial charge in [0.15, 0.2) is 0 Å². The van der Waals surface area contributed by atoms with E-state index < -0.39 is 31.7 Å². The van der Waals surface area contributed by atoms with Gasteiger partial charge in [-0.2, -0.15) is 5.26 Å². The van der Waals surface area contributed by atoms with Crippen LogP contribution in [0, 0.1) is 22.2 Å². The molecule has 0 aromatic heterocycles. The molecule has 0 amide bonds. The van der Waals surface area contributed by atoms with Crippen LogP contribution in [0.1, 0.15) is 91.2 Å². The lowest BCUT2D eigenvalue weighted by atomic mass is 9.52. The van der Waals surface area contributed by atoms with E-state index in [1.54, 1.807) is 22.5 Å². The second-order valence-corrected chi connectivity index (χ2v) is 15.0. The van der Waals surface area contributed by atoms with Gasteiger partial charge in [0.05, 0.1) is 35.2 Å². The highest BCUT2D eigenvalue weighted by molar-refractivity contribution is 7.92. The van der Waals surface area contributed by atoms with Crippen molar-refractivity contribution in [3.05, 3.63) is 59.7 Å². The summed E-state index contributed by atoms with van der Waals surface area (Å²) in [7, 11) is -2.59. The Morgan fingerprint density at radius 2 is 1.72 bits per heavy atom. The highest BCUT2D eigenvalue weighted by atomic mass is 32.2. The van der Waals surface area contributed by atoms with Crippen molar-refractivity contribution in [1.82, 2.24) is 0 Å². The molecule has 39 heavy (non-hydrogen) atoms. The molecule has 1 aliphatic heterocycles. The van der Waals surface area contributed by atoms with Gasteiger partial charge in [-0.1, -0.05) is 84.7 Å². The van der Waals surface area contributed by atoms with Crippen LogP contribution in [0.3, 0.4) is 0 Å². The number of sulfonamides is 1. The Morgan fingerprint density at radius 1 is 1.05 bits per heavy atom. The number of nitriles is 1. The van der Waals surface area contributed by atoms with Crippen LogP contribution in [0.15, 0.2) is 53.4 Å². The molecule has 0 saturated heterocycles. The van der Waals surface area contributed by atoms with Crippen LogP contribution in [0.4, 0.5) is 5.69 Å². The molecule has 2 aromatic carbocycles. The first-order chi connectivity index (χ1) is 18.2. The second kappa shape index (κ2) is 9.96. The first-order valence-corrected chi connectivity index (χ1v) is 15.3. The van der Waals surface area contributed by atoms with E-state index in [4.69, 9.17) is 4.74 Å². The summed E-state index contributed by atoms with van der Waals surface area (Å²) >= 11 is 0. The normalized spacial score (nSPS) is 21.6. The first kappa shape index (κ1) is 29.1. The molecule has 2 aromatic rings. The number of carbonyl (C=O) groups excluding carboxylic acids is 1. The molecule has 2 unspecified atom stereocenters. The summed E-state index contributed by atoms with van der Waals surface area (Å²) < 4.78 is 35.8. The number of anilines is 1. The Labute approximate surface area is 234 Å². The zero-order valence-electron chi connectivity index (χ0n) is 24.4. The van der Waals surface area contributed by atoms with Crippen LogP contribution >= 0.6 is 0 Å². The van der Waals surface area contributed by atoms with Crippen LogP contribution in [-0.4, -0.2) is 27.5 Å². The SMILES string of the molecule is COC(=O)CCC12CCCCC1N(S(=O)(=O)c1cccc(C(C#N)(C(C)(C)C)C(C)(C)C)c1)c1ccccc12. The van der Waals surface area contributed by atoms with Gasteiger partial charge in [-0.3, -0.25) is 9.10 Å². The minimum Gasteiger partial charge on any atom is -0.469 e. The lowest BCUT2D eigenvalue weighted by Crippen LogP contribution is -2.50. The van der Waals surface area contributed by atoms with Crippen molar-refractivity contribution in [3.63, 3.8) is 0 Å². The van der Waals surface area contributed by atoms with Crippen molar-refractivity contribution in [3.8, 4) is 6.07 Å². The summed E-state index contributed by atoms with van der Waals surface area (Å²) in [6.07, 6.45) is 4.24. The lowest BCUT2D eigenvalue weighted by Gasteiger charge is -2.49. The number of rotatable bonds is 6. The van der Waals surface area contributed by atoms with Gasteiger partial charge >= 0.3 is 5.97 Å². The molecule has 210 valence electrons. The third-order valence-electron chi connectivity index (χ3n) is 9.19. The largest absolute Gasteiger partial charge is 0.469 e. The number of ether oxygens (including phenoxy) is 1. The summed E-state index contributed by atoms with van der Waals surface area (Å²) in [4.78, 5) is 12.4. The van der Waals surface area contributed by atoms with Crippen LogP contribution < -0.4 is 4.31 Å². The molecule has 2 aliphatic rings. The molecule has 4 rings (SSSR count). The van der Waals surface area contributed by atoms with Crippen molar-refractivity contribution in [2.75, 3.05) is 11.4 Å². The van der Waals surface area contributed by atoms with E-state index in [2.05, 4.69) is 6.07 Å². The standard InChI is InChI=1S/C32H42N2O4S/c1-29(2,3)32(22-33,30(4,5)6)23-13-12-14-24(21-23)39(36,37)34-26-16-9-8-15-25(26)31(20-18-28(35)38-7)19-11-10-17-27(31)34/h8-9,12-16,21,27H,10-11,17-20H2,1-7H3. The van der Waals surface area contributed by atoms with Crippen molar-refractivity contribution < 1.29 is 17.9 Å². The van der Waals surface area contributed by atoms with Crippen LogP contribution in [0.2, 0.25) is 0 Å². The van der Waals surface area contributed by atoms with Gasteiger partial charge in [-0.15, -0.1) is 0 Å². The first-order valence-electron chi connectivity index (χ1n) is 13.9. The Morgan fingerprint density at radius 3 is 2.33 bits per heavy atom. The predicted molar refractivity (Wildman–Crippen MR) is 154 cm³/mol. The minimum absolute atomic E-state index is 0.192. The Balaban J connectivity index is 1.88. The smallest absolute Gasteiger partial charge is 0.305 e. The van der Waals surface area contributed by atoms with E-state index in [9.17, 15) is 18.5 Å². The highest BCUT2D eigenvalue weighted by Crippen LogP contribution is 2.57. The molecule has 2 atom stereocenters. The number of nitrogens with zero attached hydrogens (tertiary/aromatic N) is 2. The fourth-order valence-electron chi connectivity index (χ4n) is 7.68. The summed E-state index contributed by atoms with van der Waals surface area (Å²) in [5.74, 6) is -0.280. The maximum atomic E-state index is 14.6. The monoisotopic (exact) mass is 550 g/mol. The average Bonchev–Trinajstić information content (AvgIpc) is 3.18. The van der Waals surface area contributed by atoms with Crippen LogP contribution in [0.5, 0.6) is 0 Å². The van der Waals surface area contributed by atoms with Gasteiger partial charge in [0.25, 0.3) is 10.0 Å². The number of para-hydroxylation sites is 1. The topological polar surface area (TPSA) is 87.5 Å². The number of benzene rings is 2. The average molecular weight is 551 g/mol. The predicted octanol–water partition coefficient (Wildman–Crippen LogP) is 6.88. The van der Waals surface area contributed by atoms with Crippen molar-refractivity contribution >= 4 is 21.7 Å². The molecule has 1 heterocycles. The second-order valence-electron chi connectivity index (χ2n) is 13.2. The van der Waals surface area contributed by atoms with E-state index in [1.807, 2.05) is 71.9 Å². The van der Waals surface area contributed by atoms with Gasteiger partial charge in [-0.05, 0) is 59.4 Å². The van der Waals surface area contributed by atoms with Gasteiger partial charge in [0.1, 0.15) is 0 Å². The number of carbonyl (C=O) groups is 1. The van der Waals surface area contributed by atoms with Crippen LogP contribution in [-0.2, 0) is 30.4 Å². The third kappa shape index (κ3) is 4.45. The van der Waals surface area contributed by atoms with Gasteiger partial charge in [0.2, 0.25) is 0 Å². The summed E-state index contributed by atoms with van der Waals surface area (Å²) in [5.41, 5.74) is 0.125. The Kier molecular flexibility index (Phi) is 7.44. The minimum atomic E-state index is -3.98. The van der Waals surface area contributed by atoms with Gasteiger partial charge in [0, 0.05) is 11.8 Å². The Bertz CT molecular complexity index is 1380. The van der Waals surface area contributed by atoms with E-state index in [0.29, 0.717) is 17.7 Å². The van der Waals surface area contributed by atoms with Crippen LogP contribution in [0.25, 0.3) is 0 Å². The molecule has 6 nitrogen and oxygen atoms in total. The lowest BCUT2D eigenvalue weighted by molar-refractivity contribution is -0.141. The van der Waals surface area contributed by atoms with Gasteiger partial charge in [-0.25, -0.2) is 8.42 Å². The molecular formula is C32H42N2O4S. The molecule has 1 aliphatic carbocycles. The van der Waals surface area contributed by atoms with E-state index in [0.717, 1.165) is 31.2 Å². The quantitative estimate of drug-likeness (QED) is 0.366. The fourth-order valence-corrected chi connectivity index (χ4v) is 9.49. The molecule has 7 heteroatoms. The molecule has 1 saturated carbocycles. The molecular weight excluding hydrogens is 508 g/mol. The van der Waals surface area contributed by atoms with E-state index >= 15 is 0 Å². The van der Waals surface area contributed by atoms with Crippen molar-refractivity contribution in [2.45, 2.75) is 102 Å². The highest BCUT2D eigenvalue weighted by Gasteiger charge is 2.56. The van der Waals surface area contributed by atoms with Gasteiger partial charge < -0.3 is 4.74 Å². The maximum Gasteiger partial charge on any atom is 0.305 e. The molecule has 0 N–H and O–H groups in total. The summed E-state index contributed by atoms with van der Waals surface area (Å²) in [6.45, 7) is 12.2. The van der Waals surface area contributed by atoms with E-state index in [-0.39, 0.29) is 23.3 Å². The Hall–Kier alpha value is -2.85. The summed E-state index contributed by atoms with van der Waals surface area (Å²) in [5, 5.41) is 10.6. The number of hydrogen-bond acceptors (Lipinski definition) is 5. The number of esters is 1. The number of hydrogen-bond donors (Lipinski definition) is 0. The van der Waals surface area contributed by atoms with Crippen molar-refractivity contribution in [2.24, 2.45) is 10.8 Å². The zero-order chi connectivity index (χ0) is 28.9. The molecule has 0 bridgehead atoms. The fraction of sp³-hybridized carbons (Fsp3) is 0.562. The molecule has 0 radical (unpaired) electrons. The number of fused-ring (bicyclic) bond motifs is 3.